The van der Waals surface area contributed by atoms with Crippen LogP contribution >= 0.6 is 11.8 Å². The summed E-state index contributed by atoms with van der Waals surface area (Å²) in [6.45, 7) is 15.5. The Morgan fingerprint density at radius 3 is 2.25 bits per heavy atom. The molecule has 1 N–H and O–H groups in total. The van der Waals surface area contributed by atoms with E-state index in [1.807, 2.05) is 0 Å². The first-order chi connectivity index (χ1) is 8.88. The molecule has 0 amide bonds. The van der Waals surface area contributed by atoms with Gasteiger partial charge in [-0.15, -0.1) is 11.8 Å². The van der Waals surface area contributed by atoms with Gasteiger partial charge in [-0.2, -0.15) is 0 Å². The van der Waals surface area contributed by atoms with Gasteiger partial charge in [-0.3, -0.25) is 10.1 Å². The second-order valence-corrected chi connectivity index (χ2v) is 7.34. The van der Waals surface area contributed by atoms with Gasteiger partial charge in [-0.25, -0.2) is 0 Å². The number of nitrogens with one attached hydrogen (secondary N) is 1. The topological polar surface area (TPSA) is 38.3 Å². The number of nitrogens with zero attached hydrogens (tertiary/aromatic N) is 1. The van der Waals surface area contributed by atoms with E-state index in [-0.39, 0.29) is 29.3 Å². The average molecular weight is 325 g/mol. The molecule has 20 heavy (non-hydrogen) atoms. The third-order valence-corrected chi connectivity index (χ3v) is 5.58. The van der Waals surface area contributed by atoms with Crippen molar-refractivity contribution < 1.29 is 26.4 Å². The van der Waals surface area contributed by atoms with Gasteiger partial charge < -0.3 is 21.6 Å². The van der Waals surface area contributed by atoms with Gasteiger partial charge in [0.1, 0.15) is 19.2 Å². The number of esters is 1. The average Bonchev–Trinajstić information content (AvgIpc) is 2.75. The lowest BCUT2D eigenvalue weighted by molar-refractivity contribution is -0.923. The first kappa shape index (κ1) is 20.0. The SMILES string of the molecule is CC[N+](CC)(CC)CCOC(=O)C1CSC(C)(C)N1.[Cl-]. The highest BCUT2D eigenvalue weighted by Gasteiger charge is 2.36. The molecular weight excluding hydrogens is 296 g/mol. The Labute approximate surface area is 134 Å². The summed E-state index contributed by atoms with van der Waals surface area (Å²) < 4.78 is 6.47. The van der Waals surface area contributed by atoms with Crippen LogP contribution in [0.25, 0.3) is 0 Å². The van der Waals surface area contributed by atoms with Crippen LogP contribution in [0.1, 0.15) is 34.6 Å². The second-order valence-electron chi connectivity index (χ2n) is 5.70. The second kappa shape index (κ2) is 8.47. The fraction of sp³-hybridized carbons (Fsp3) is 0.929. The zero-order valence-corrected chi connectivity index (χ0v) is 14.9. The number of carbonyl (C=O) groups is 1. The minimum absolute atomic E-state index is 0. The van der Waals surface area contributed by atoms with E-state index in [0.29, 0.717) is 6.61 Å². The molecule has 0 aromatic heterocycles. The Balaban J connectivity index is 0.00000361. The van der Waals surface area contributed by atoms with Gasteiger partial charge in [-0.1, -0.05) is 0 Å². The van der Waals surface area contributed by atoms with E-state index in [9.17, 15) is 4.79 Å². The molecule has 120 valence electrons. The smallest absolute Gasteiger partial charge is 0.324 e. The van der Waals surface area contributed by atoms with Gasteiger partial charge in [0.05, 0.1) is 24.5 Å². The van der Waals surface area contributed by atoms with Crippen molar-refractivity contribution in [3.05, 3.63) is 0 Å². The third-order valence-electron chi connectivity index (χ3n) is 4.24. The summed E-state index contributed by atoms with van der Waals surface area (Å²) in [7, 11) is 0. The van der Waals surface area contributed by atoms with Crippen molar-refractivity contribution in [1.82, 2.24) is 5.32 Å². The fourth-order valence-electron chi connectivity index (χ4n) is 2.51. The maximum Gasteiger partial charge on any atom is 0.324 e. The highest BCUT2D eigenvalue weighted by atomic mass is 35.5. The van der Waals surface area contributed by atoms with Gasteiger partial charge in [0.25, 0.3) is 0 Å². The molecule has 1 fully saturated rings. The number of thioether (sulfide) groups is 1. The first-order valence-electron chi connectivity index (χ1n) is 7.31. The Morgan fingerprint density at radius 2 is 1.85 bits per heavy atom. The largest absolute Gasteiger partial charge is 1.00 e. The number of likely N-dealkylation sites (N-methyl/N-ethyl adjacent to an activating group) is 1. The van der Waals surface area contributed by atoms with E-state index in [2.05, 4.69) is 39.9 Å². The molecule has 0 spiro atoms. The van der Waals surface area contributed by atoms with Gasteiger partial charge in [0, 0.05) is 5.75 Å². The van der Waals surface area contributed by atoms with Gasteiger partial charge in [-0.05, 0) is 34.6 Å². The maximum absolute atomic E-state index is 12.0. The molecule has 1 aliphatic rings. The van der Waals surface area contributed by atoms with Gasteiger partial charge >= 0.3 is 5.97 Å². The molecule has 1 saturated heterocycles. The number of rotatable bonds is 7. The number of ether oxygens (including phenoxy) is 1. The quantitative estimate of drug-likeness (QED) is 0.474. The van der Waals surface area contributed by atoms with Crippen LogP contribution < -0.4 is 17.7 Å². The minimum Gasteiger partial charge on any atom is -1.00 e. The highest BCUT2D eigenvalue weighted by Crippen LogP contribution is 2.29. The standard InChI is InChI=1S/C14H29N2O2S.ClH/c1-6-16(7-2,8-3)9-10-18-13(17)12-11-19-14(4,5)15-12;/h12,15H,6-11H2,1-5H3;1H/q+1;/p-1. The molecule has 1 aliphatic heterocycles. The van der Waals surface area contributed by atoms with E-state index in [0.717, 1.165) is 36.4 Å². The Morgan fingerprint density at radius 1 is 1.30 bits per heavy atom. The van der Waals surface area contributed by atoms with Crippen molar-refractivity contribution in [3.8, 4) is 0 Å². The van der Waals surface area contributed by atoms with Crippen LogP contribution in [0, 0.1) is 0 Å². The normalized spacial score (nSPS) is 21.4. The van der Waals surface area contributed by atoms with Crippen molar-refractivity contribution in [1.29, 1.82) is 0 Å². The molecular formula is C14H29ClN2O2S. The summed E-state index contributed by atoms with van der Waals surface area (Å²) in [6.07, 6.45) is 0. The number of hydrogen-bond acceptors (Lipinski definition) is 4. The van der Waals surface area contributed by atoms with E-state index < -0.39 is 0 Å². The summed E-state index contributed by atoms with van der Waals surface area (Å²) in [5.41, 5.74) is 0. The van der Waals surface area contributed by atoms with Crippen molar-refractivity contribution in [2.75, 3.05) is 38.5 Å². The number of halogens is 1. The van der Waals surface area contributed by atoms with Crippen LogP contribution in [0.15, 0.2) is 0 Å². The first-order valence-corrected chi connectivity index (χ1v) is 8.30. The summed E-state index contributed by atoms with van der Waals surface area (Å²) in [5, 5.41) is 3.30. The number of carbonyl (C=O) groups excluding carboxylic acids is 1. The molecule has 1 heterocycles. The molecule has 4 nitrogen and oxygen atoms in total. The van der Waals surface area contributed by atoms with Crippen molar-refractivity contribution in [2.24, 2.45) is 0 Å². The van der Waals surface area contributed by atoms with Crippen molar-refractivity contribution >= 4 is 17.7 Å². The predicted molar refractivity (Wildman–Crippen MR) is 81.2 cm³/mol. The van der Waals surface area contributed by atoms with Crippen LogP contribution in [0.4, 0.5) is 0 Å². The van der Waals surface area contributed by atoms with Crippen LogP contribution in [0.5, 0.6) is 0 Å². The summed E-state index contributed by atoms with van der Waals surface area (Å²) in [5.74, 6) is 0.709. The maximum atomic E-state index is 12.0. The molecule has 0 radical (unpaired) electrons. The van der Waals surface area contributed by atoms with E-state index >= 15 is 0 Å². The van der Waals surface area contributed by atoms with E-state index in [1.54, 1.807) is 11.8 Å². The van der Waals surface area contributed by atoms with Crippen molar-refractivity contribution in [2.45, 2.75) is 45.5 Å². The molecule has 6 heteroatoms. The molecule has 1 unspecified atom stereocenters. The fourth-order valence-corrected chi connectivity index (χ4v) is 3.54. The third kappa shape index (κ3) is 5.43. The summed E-state index contributed by atoms with van der Waals surface area (Å²) in [6, 6.07) is -0.147. The summed E-state index contributed by atoms with van der Waals surface area (Å²) in [4.78, 5) is 12.0. The lowest BCUT2D eigenvalue weighted by Crippen LogP contribution is -3.00. The molecule has 0 bridgehead atoms. The highest BCUT2D eigenvalue weighted by molar-refractivity contribution is 8.00. The lowest BCUT2D eigenvalue weighted by atomic mass is 10.3. The summed E-state index contributed by atoms with van der Waals surface area (Å²) >= 11 is 1.77. The van der Waals surface area contributed by atoms with E-state index in [4.69, 9.17) is 4.74 Å². The minimum atomic E-state index is -0.147. The van der Waals surface area contributed by atoms with Crippen molar-refractivity contribution in [3.63, 3.8) is 0 Å². The van der Waals surface area contributed by atoms with Crippen LogP contribution in [0.3, 0.4) is 0 Å². The molecule has 1 rings (SSSR count). The van der Waals surface area contributed by atoms with Crippen LogP contribution in [-0.4, -0.2) is 59.9 Å². The zero-order chi connectivity index (χ0) is 14.5. The Bertz CT molecular complexity index is 301. The predicted octanol–water partition coefficient (Wildman–Crippen LogP) is -1.15. The van der Waals surface area contributed by atoms with E-state index in [1.165, 1.54) is 0 Å². The van der Waals surface area contributed by atoms with Crippen LogP contribution in [0.2, 0.25) is 0 Å². The van der Waals surface area contributed by atoms with Gasteiger partial charge in [0.2, 0.25) is 0 Å². The monoisotopic (exact) mass is 324 g/mol. The zero-order valence-electron chi connectivity index (χ0n) is 13.4. The number of quaternary nitrogens is 1. The van der Waals surface area contributed by atoms with Crippen LogP contribution in [-0.2, 0) is 9.53 Å². The van der Waals surface area contributed by atoms with Gasteiger partial charge in [0.15, 0.2) is 0 Å². The molecule has 0 aliphatic carbocycles. The Kier molecular flexibility index (Phi) is 8.48. The molecule has 0 aromatic carbocycles. The number of hydrogen-bond donors (Lipinski definition) is 1. The molecule has 1 atom stereocenters. The lowest BCUT2D eigenvalue weighted by Gasteiger charge is -2.35. The Hall–Kier alpha value is 0.0300. The molecule has 0 saturated carbocycles. The molecule has 0 aromatic rings.